The summed E-state index contributed by atoms with van der Waals surface area (Å²) < 4.78 is 12.1. The summed E-state index contributed by atoms with van der Waals surface area (Å²) in [6.07, 6.45) is 2.72. The topological polar surface area (TPSA) is 32.3 Å². The molecule has 1 saturated heterocycles. The summed E-state index contributed by atoms with van der Waals surface area (Å²) >= 11 is 6.61. The van der Waals surface area contributed by atoms with E-state index in [1.807, 2.05) is 6.26 Å². The monoisotopic (exact) mass is 236 g/mol. The van der Waals surface area contributed by atoms with Gasteiger partial charge in [0.05, 0.1) is 6.54 Å². The average molecular weight is 236 g/mol. The lowest BCUT2D eigenvalue weighted by Crippen LogP contribution is -2.33. The molecule has 0 bridgehead atoms. The van der Waals surface area contributed by atoms with Crippen molar-refractivity contribution in [3.8, 4) is 0 Å². The Labute approximate surface area is 92.4 Å². The highest BCUT2D eigenvalue weighted by Gasteiger charge is 2.34. The number of carbonyl (C=O) groups is 1. The number of rotatable bonds is 5. The number of hydrogen-bond donors (Lipinski definition) is 1. The van der Waals surface area contributed by atoms with Crippen LogP contribution in [-0.4, -0.2) is 47.2 Å². The van der Waals surface area contributed by atoms with E-state index < -0.39 is 6.67 Å². The van der Waals surface area contributed by atoms with Gasteiger partial charge in [-0.25, -0.2) is 4.39 Å². The van der Waals surface area contributed by atoms with E-state index in [0.29, 0.717) is 5.11 Å². The highest BCUT2D eigenvalue weighted by atomic mass is 32.2. The van der Waals surface area contributed by atoms with Gasteiger partial charge in [0.25, 0.3) is 5.91 Å². The molecule has 0 aliphatic carbocycles. The summed E-state index contributed by atoms with van der Waals surface area (Å²) in [5, 5.41) is 3.26. The second kappa shape index (κ2) is 5.50. The molecule has 1 heterocycles. The smallest absolute Gasteiger partial charge is 0.251 e. The first-order valence-electron chi connectivity index (χ1n) is 4.37. The van der Waals surface area contributed by atoms with E-state index in [9.17, 15) is 9.18 Å². The minimum absolute atomic E-state index is 0.0699. The van der Waals surface area contributed by atoms with Crippen molar-refractivity contribution in [3.05, 3.63) is 0 Å². The van der Waals surface area contributed by atoms with Gasteiger partial charge in [0.2, 0.25) is 0 Å². The first kappa shape index (κ1) is 11.7. The molecule has 0 aromatic carbocycles. The first-order chi connectivity index (χ1) is 6.70. The lowest BCUT2D eigenvalue weighted by Gasteiger charge is -2.11. The van der Waals surface area contributed by atoms with Crippen LogP contribution in [0.25, 0.3) is 0 Å². The molecule has 14 heavy (non-hydrogen) atoms. The van der Waals surface area contributed by atoms with Gasteiger partial charge >= 0.3 is 0 Å². The SMILES string of the molecule is CSCC[C@H]1NC(=S)N(CCF)C1=O. The van der Waals surface area contributed by atoms with E-state index in [1.165, 1.54) is 4.90 Å². The van der Waals surface area contributed by atoms with Crippen molar-refractivity contribution in [1.29, 1.82) is 0 Å². The number of carbonyl (C=O) groups excluding carboxylic acids is 1. The number of thiocarbonyl (C=S) groups is 1. The molecule has 1 rings (SSSR count). The third-order valence-corrected chi connectivity index (χ3v) is 3.01. The Balaban J connectivity index is 2.51. The van der Waals surface area contributed by atoms with Gasteiger partial charge in [-0.05, 0) is 30.6 Å². The minimum atomic E-state index is -0.553. The van der Waals surface area contributed by atoms with Crippen LogP contribution in [0.15, 0.2) is 0 Å². The fourth-order valence-electron chi connectivity index (χ4n) is 1.30. The molecule has 1 N–H and O–H groups in total. The summed E-state index contributed by atoms with van der Waals surface area (Å²) in [5.41, 5.74) is 0. The molecule has 80 valence electrons. The Morgan fingerprint density at radius 1 is 1.71 bits per heavy atom. The molecule has 1 amide bonds. The zero-order valence-corrected chi connectivity index (χ0v) is 9.59. The molecule has 0 spiro atoms. The Kier molecular flexibility index (Phi) is 4.60. The Morgan fingerprint density at radius 2 is 2.43 bits per heavy atom. The molecular formula is C8H13FN2OS2. The number of amides is 1. The third kappa shape index (κ3) is 2.57. The molecule has 1 fully saturated rings. The maximum absolute atomic E-state index is 12.1. The Hall–Kier alpha value is -0.360. The van der Waals surface area contributed by atoms with E-state index in [1.54, 1.807) is 11.8 Å². The second-order valence-corrected chi connectivity index (χ2v) is 4.33. The normalized spacial score (nSPS) is 21.6. The van der Waals surface area contributed by atoms with Crippen molar-refractivity contribution in [3.63, 3.8) is 0 Å². The highest BCUT2D eigenvalue weighted by Crippen LogP contribution is 2.11. The predicted molar refractivity (Wildman–Crippen MR) is 60.2 cm³/mol. The highest BCUT2D eigenvalue weighted by molar-refractivity contribution is 7.98. The summed E-state index contributed by atoms with van der Waals surface area (Å²) in [6, 6.07) is -0.249. The summed E-state index contributed by atoms with van der Waals surface area (Å²) in [4.78, 5) is 12.9. The van der Waals surface area contributed by atoms with E-state index in [4.69, 9.17) is 12.2 Å². The van der Waals surface area contributed by atoms with Crippen molar-refractivity contribution in [1.82, 2.24) is 10.2 Å². The molecular weight excluding hydrogens is 223 g/mol. The van der Waals surface area contributed by atoms with Crippen LogP contribution < -0.4 is 5.32 Å². The molecule has 3 nitrogen and oxygen atoms in total. The van der Waals surface area contributed by atoms with Crippen LogP contribution in [0.5, 0.6) is 0 Å². The minimum Gasteiger partial charge on any atom is -0.350 e. The summed E-state index contributed by atoms with van der Waals surface area (Å²) in [6.45, 7) is -0.483. The number of nitrogens with zero attached hydrogens (tertiary/aromatic N) is 1. The van der Waals surface area contributed by atoms with Crippen LogP contribution >= 0.6 is 24.0 Å². The molecule has 0 aromatic heterocycles. The zero-order valence-electron chi connectivity index (χ0n) is 7.96. The first-order valence-corrected chi connectivity index (χ1v) is 6.17. The van der Waals surface area contributed by atoms with E-state index in [0.717, 1.165) is 12.2 Å². The number of nitrogens with one attached hydrogen (secondary N) is 1. The zero-order chi connectivity index (χ0) is 10.6. The quantitative estimate of drug-likeness (QED) is 0.716. The third-order valence-electron chi connectivity index (χ3n) is 2.03. The van der Waals surface area contributed by atoms with Crippen molar-refractivity contribution in [2.75, 3.05) is 25.2 Å². The van der Waals surface area contributed by atoms with E-state index in [2.05, 4.69) is 5.32 Å². The molecule has 0 aromatic rings. The molecule has 6 heteroatoms. The van der Waals surface area contributed by atoms with Crippen LogP contribution in [0.1, 0.15) is 6.42 Å². The van der Waals surface area contributed by atoms with Gasteiger partial charge < -0.3 is 5.32 Å². The van der Waals surface area contributed by atoms with Crippen LogP contribution in [0.2, 0.25) is 0 Å². The second-order valence-electron chi connectivity index (χ2n) is 2.96. The van der Waals surface area contributed by atoms with Gasteiger partial charge in [-0.3, -0.25) is 9.69 Å². The number of thioether (sulfide) groups is 1. The Morgan fingerprint density at radius 3 is 3.00 bits per heavy atom. The number of hydrogen-bond acceptors (Lipinski definition) is 3. The van der Waals surface area contributed by atoms with Crippen LogP contribution in [0, 0.1) is 0 Å². The predicted octanol–water partition coefficient (Wildman–Crippen LogP) is 0.794. The lowest BCUT2D eigenvalue weighted by molar-refractivity contribution is -0.127. The van der Waals surface area contributed by atoms with Gasteiger partial charge in [-0.2, -0.15) is 11.8 Å². The summed E-state index contributed by atoms with van der Waals surface area (Å²) in [7, 11) is 0. The van der Waals surface area contributed by atoms with Gasteiger partial charge in [0, 0.05) is 0 Å². The van der Waals surface area contributed by atoms with Crippen molar-refractivity contribution in [2.24, 2.45) is 0 Å². The van der Waals surface area contributed by atoms with Gasteiger partial charge in [-0.15, -0.1) is 0 Å². The van der Waals surface area contributed by atoms with Crippen molar-refractivity contribution < 1.29 is 9.18 Å². The number of alkyl halides is 1. The van der Waals surface area contributed by atoms with Crippen molar-refractivity contribution >= 4 is 35.0 Å². The van der Waals surface area contributed by atoms with Crippen LogP contribution in [0.3, 0.4) is 0 Å². The van der Waals surface area contributed by atoms with Gasteiger partial charge in [0.15, 0.2) is 5.11 Å². The maximum Gasteiger partial charge on any atom is 0.251 e. The fraction of sp³-hybridized carbons (Fsp3) is 0.750. The van der Waals surface area contributed by atoms with Crippen LogP contribution in [-0.2, 0) is 4.79 Å². The average Bonchev–Trinajstić information content (AvgIpc) is 2.43. The Bertz CT molecular complexity index is 237. The fourth-order valence-corrected chi connectivity index (χ4v) is 2.10. The standard InChI is InChI=1S/C8H13FN2OS2/c1-14-5-2-6-7(12)11(4-3-9)8(13)10-6/h6H,2-5H2,1H3,(H,10,13)/t6-/m1/s1. The molecule has 0 saturated carbocycles. The molecule has 1 aliphatic heterocycles. The summed E-state index contributed by atoms with van der Waals surface area (Å²) in [5.74, 6) is 0.803. The van der Waals surface area contributed by atoms with Gasteiger partial charge in [-0.1, -0.05) is 0 Å². The van der Waals surface area contributed by atoms with E-state index >= 15 is 0 Å². The maximum atomic E-state index is 12.1. The van der Waals surface area contributed by atoms with E-state index in [-0.39, 0.29) is 18.5 Å². The van der Waals surface area contributed by atoms with Crippen molar-refractivity contribution in [2.45, 2.75) is 12.5 Å². The lowest BCUT2D eigenvalue weighted by atomic mass is 10.2. The molecule has 0 unspecified atom stereocenters. The molecule has 1 aliphatic rings. The van der Waals surface area contributed by atoms with Gasteiger partial charge in [0.1, 0.15) is 12.7 Å². The molecule has 1 atom stereocenters. The largest absolute Gasteiger partial charge is 0.350 e. The van der Waals surface area contributed by atoms with Crippen LogP contribution in [0.4, 0.5) is 4.39 Å². The molecule has 0 radical (unpaired) electrons. The number of halogens is 1.